The van der Waals surface area contributed by atoms with Gasteiger partial charge < -0.3 is 36.4 Å². The van der Waals surface area contributed by atoms with E-state index in [0.717, 1.165) is 0 Å². The molecule has 0 radical (unpaired) electrons. The van der Waals surface area contributed by atoms with Gasteiger partial charge in [-0.1, -0.05) is 11.6 Å². The summed E-state index contributed by atoms with van der Waals surface area (Å²) >= 11 is 6.04. The third-order valence-corrected chi connectivity index (χ3v) is 4.86. The predicted octanol–water partition coefficient (Wildman–Crippen LogP) is 0.193. The number of nitrogens with zero attached hydrogens (tertiary/aromatic N) is 1. The number of carbonyl (C=O) groups excluding carboxylic acids is 1. The van der Waals surface area contributed by atoms with Crippen LogP contribution in [0.5, 0.6) is 5.75 Å². The molecule has 1 heterocycles. The lowest BCUT2D eigenvalue weighted by atomic mass is 10.0. The van der Waals surface area contributed by atoms with Crippen LogP contribution < -0.4 is 21.1 Å². The number of anilines is 1. The van der Waals surface area contributed by atoms with Crippen LogP contribution in [0.2, 0.25) is 5.02 Å². The number of nitrogens with one attached hydrogen (secondary N) is 2. The monoisotopic (exact) mass is 418 g/mol. The molecule has 0 bridgehead atoms. The summed E-state index contributed by atoms with van der Waals surface area (Å²) in [6, 6.07) is 2.81. The average molecular weight is 419 g/mol. The molecular weight excluding hydrogens is 392 g/mol. The van der Waals surface area contributed by atoms with E-state index >= 15 is 0 Å². The molecule has 0 spiro atoms. The average Bonchev–Trinajstić information content (AvgIpc) is 2.64. The molecule has 10 nitrogen and oxygen atoms in total. The van der Waals surface area contributed by atoms with Crippen molar-refractivity contribution in [3.05, 3.63) is 22.7 Å². The van der Waals surface area contributed by atoms with Crippen molar-refractivity contribution in [1.29, 1.82) is 0 Å². The van der Waals surface area contributed by atoms with Gasteiger partial charge in [-0.25, -0.2) is 4.79 Å². The Labute approximate surface area is 168 Å². The molecule has 1 saturated heterocycles. The summed E-state index contributed by atoms with van der Waals surface area (Å²) in [5.41, 5.74) is 6.40. The van der Waals surface area contributed by atoms with Crippen molar-refractivity contribution >= 4 is 29.3 Å². The van der Waals surface area contributed by atoms with Crippen LogP contribution in [-0.2, 0) is 4.74 Å². The molecular formula is C17H27ClN4O6. The van der Waals surface area contributed by atoms with E-state index in [0.29, 0.717) is 49.6 Å². The highest BCUT2D eigenvalue weighted by atomic mass is 35.5. The van der Waals surface area contributed by atoms with Crippen molar-refractivity contribution < 1.29 is 29.6 Å². The Bertz CT molecular complexity index is 690. The van der Waals surface area contributed by atoms with E-state index in [1.54, 1.807) is 7.11 Å². The van der Waals surface area contributed by atoms with Crippen LogP contribution >= 0.6 is 11.6 Å². The van der Waals surface area contributed by atoms with Gasteiger partial charge in [0.05, 0.1) is 35.5 Å². The van der Waals surface area contributed by atoms with Crippen LogP contribution in [0.4, 0.5) is 10.5 Å². The SMILES string of the molecule is COc1cc(N)c(Cl)cc1C(=O)N[C@@H]1CCN(CCNC(=O)O)C[C@@H]1OC.O. The quantitative estimate of drug-likeness (QED) is 0.460. The number of carboxylic acid groups (broad SMARTS) is 1. The first kappa shape index (κ1) is 23.8. The second kappa shape index (κ2) is 10.9. The topological polar surface area (TPSA) is 158 Å². The lowest BCUT2D eigenvalue weighted by Crippen LogP contribution is -2.55. The van der Waals surface area contributed by atoms with Gasteiger partial charge in [-0.2, -0.15) is 0 Å². The van der Waals surface area contributed by atoms with E-state index in [2.05, 4.69) is 15.5 Å². The first-order valence-corrected chi connectivity index (χ1v) is 8.89. The lowest BCUT2D eigenvalue weighted by molar-refractivity contribution is 0.00685. The van der Waals surface area contributed by atoms with Gasteiger partial charge in [0.25, 0.3) is 5.91 Å². The minimum absolute atomic E-state index is 0. The number of methoxy groups -OCH3 is 2. The second-order valence-electron chi connectivity index (χ2n) is 6.25. The molecule has 0 aromatic heterocycles. The maximum atomic E-state index is 12.7. The minimum atomic E-state index is -1.04. The van der Waals surface area contributed by atoms with Gasteiger partial charge in [-0.15, -0.1) is 0 Å². The maximum absolute atomic E-state index is 12.7. The molecule has 28 heavy (non-hydrogen) atoms. The number of hydrogen-bond donors (Lipinski definition) is 4. The first-order valence-electron chi connectivity index (χ1n) is 8.51. The molecule has 1 aromatic carbocycles. The number of ether oxygens (including phenoxy) is 2. The zero-order valence-corrected chi connectivity index (χ0v) is 16.6. The maximum Gasteiger partial charge on any atom is 0.404 e. The normalized spacial score (nSPS) is 19.4. The Balaban J connectivity index is 0.00000392. The molecule has 11 heteroatoms. The Morgan fingerprint density at radius 3 is 2.71 bits per heavy atom. The van der Waals surface area contributed by atoms with Crippen LogP contribution in [0.25, 0.3) is 0 Å². The molecule has 1 aromatic rings. The van der Waals surface area contributed by atoms with Crippen LogP contribution in [0.3, 0.4) is 0 Å². The fourth-order valence-corrected chi connectivity index (χ4v) is 3.23. The van der Waals surface area contributed by atoms with E-state index in [-0.39, 0.29) is 28.6 Å². The first-order chi connectivity index (χ1) is 12.8. The third-order valence-electron chi connectivity index (χ3n) is 4.53. The summed E-state index contributed by atoms with van der Waals surface area (Å²) in [7, 11) is 3.05. The van der Waals surface area contributed by atoms with E-state index in [4.69, 9.17) is 31.9 Å². The number of nitrogens with two attached hydrogens (primary N) is 1. The summed E-state index contributed by atoms with van der Waals surface area (Å²) in [6.07, 6.45) is -0.596. The van der Waals surface area contributed by atoms with Crippen molar-refractivity contribution in [2.75, 3.05) is 46.1 Å². The molecule has 158 valence electrons. The third kappa shape index (κ3) is 6.13. The number of hydrogen-bond acceptors (Lipinski definition) is 6. The highest BCUT2D eigenvalue weighted by molar-refractivity contribution is 6.33. The van der Waals surface area contributed by atoms with Crippen LogP contribution in [0.15, 0.2) is 12.1 Å². The summed E-state index contributed by atoms with van der Waals surface area (Å²) in [5, 5.41) is 14.2. The number of likely N-dealkylation sites (tertiary alicyclic amines) is 1. The lowest BCUT2D eigenvalue weighted by Gasteiger charge is -2.38. The number of halogens is 1. The summed E-state index contributed by atoms with van der Waals surface area (Å²) in [5.74, 6) is 0.0299. The standard InChI is InChI=1S/C17H25ClN4O5.H2O/c1-26-14-8-12(19)11(18)7-10(14)16(23)21-13-3-5-22(9-15(13)27-2)6-4-20-17(24)25;/h7-8,13,15,20H,3-6,9,19H2,1-2H3,(H,21,23)(H,24,25);1H2/t13-,15+;/m1./s1. The number of rotatable bonds is 7. The molecule has 1 aliphatic heterocycles. The van der Waals surface area contributed by atoms with Gasteiger partial charge in [-0.3, -0.25) is 9.69 Å². The number of amides is 2. The van der Waals surface area contributed by atoms with Gasteiger partial charge >= 0.3 is 6.09 Å². The van der Waals surface area contributed by atoms with Crippen LogP contribution in [0, 0.1) is 0 Å². The van der Waals surface area contributed by atoms with E-state index in [1.807, 2.05) is 0 Å². The summed E-state index contributed by atoms with van der Waals surface area (Å²) in [4.78, 5) is 25.3. The zero-order valence-electron chi connectivity index (χ0n) is 15.8. The Morgan fingerprint density at radius 1 is 1.39 bits per heavy atom. The molecule has 2 rings (SSSR count). The number of benzene rings is 1. The van der Waals surface area contributed by atoms with Crippen molar-refractivity contribution in [2.45, 2.75) is 18.6 Å². The zero-order chi connectivity index (χ0) is 20.0. The predicted molar refractivity (Wildman–Crippen MR) is 105 cm³/mol. The van der Waals surface area contributed by atoms with Gasteiger partial charge in [0.1, 0.15) is 5.75 Å². The summed E-state index contributed by atoms with van der Waals surface area (Å²) < 4.78 is 10.8. The Kier molecular flexibility index (Phi) is 9.26. The van der Waals surface area contributed by atoms with Crippen molar-refractivity contribution in [3.8, 4) is 5.75 Å². The highest BCUT2D eigenvalue weighted by Crippen LogP contribution is 2.29. The molecule has 1 aliphatic rings. The number of carbonyl (C=O) groups is 2. The molecule has 0 unspecified atom stereocenters. The second-order valence-corrected chi connectivity index (χ2v) is 6.66. The minimum Gasteiger partial charge on any atom is -0.496 e. The largest absolute Gasteiger partial charge is 0.496 e. The van der Waals surface area contributed by atoms with Crippen LogP contribution in [-0.4, -0.2) is 80.0 Å². The van der Waals surface area contributed by atoms with Crippen LogP contribution in [0.1, 0.15) is 16.8 Å². The van der Waals surface area contributed by atoms with Gasteiger partial charge in [0.2, 0.25) is 0 Å². The smallest absolute Gasteiger partial charge is 0.404 e. The Hall–Kier alpha value is -2.27. The van der Waals surface area contributed by atoms with Crippen molar-refractivity contribution in [2.24, 2.45) is 0 Å². The highest BCUT2D eigenvalue weighted by Gasteiger charge is 2.31. The van der Waals surface area contributed by atoms with E-state index < -0.39 is 6.09 Å². The summed E-state index contributed by atoms with van der Waals surface area (Å²) in [6.45, 7) is 2.21. The number of nitrogen functional groups attached to an aromatic ring is 1. The molecule has 1 fully saturated rings. The molecule has 2 atom stereocenters. The molecule has 0 aliphatic carbocycles. The van der Waals surface area contributed by atoms with Gasteiger partial charge in [0, 0.05) is 39.4 Å². The molecule has 2 amide bonds. The molecule has 0 saturated carbocycles. The Morgan fingerprint density at radius 2 is 2.11 bits per heavy atom. The number of piperidine rings is 1. The molecule has 7 N–H and O–H groups in total. The van der Waals surface area contributed by atoms with Gasteiger partial charge in [-0.05, 0) is 12.5 Å². The fraction of sp³-hybridized carbons (Fsp3) is 0.529. The fourth-order valence-electron chi connectivity index (χ4n) is 3.07. The van der Waals surface area contributed by atoms with E-state index in [1.165, 1.54) is 19.2 Å². The van der Waals surface area contributed by atoms with Crippen molar-refractivity contribution in [1.82, 2.24) is 15.5 Å². The van der Waals surface area contributed by atoms with E-state index in [9.17, 15) is 9.59 Å². The van der Waals surface area contributed by atoms with Gasteiger partial charge in [0.15, 0.2) is 0 Å². The van der Waals surface area contributed by atoms with Crippen molar-refractivity contribution in [3.63, 3.8) is 0 Å².